The van der Waals surface area contributed by atoms with E-state index < -0.39 is 0 Å². The molecule has 33 heavy (non-hydrogen) atoms. The molecule has 2 atom stereocenters. The van der Waals surface area contributed by atoms with Crippen LogP contribution in [0.1, 0.15) is 57.9 Å². The largest absolute Gasteiger partial charge is 0.352 e. The van der Waals surface area contributed by atoms with E-state index in [1.807, 2.05) is 38.1 Å². The van der Waals surface area contributed by atoms with Crippen LogP contribution in [0.25, 0.3) is 0 Å². The number of anilines is 1. The number of carbonyl (C=O) groups excluding carboxylic acids is 4. The minimum Gasteiger partial charge on any atom is -0.352 e. The number of benzene rings is 1. The van der Waals surface area contributed by atoms with Gasteiger partial charge in [-0.2, -0.15) is 0 Å². The molecule has 4 amide bonds. The Labute approximate surface area is 196 Å². The van der Waals surface area contributed by atoms with E-state index in [2.05, 4.69) is 10.6 Å². The fraction of sp³-hybridized carbons (Fsp3) is 0.600. The lowest BCUT2D eigenvalue weighted by atomic mass is 9.96. The Balaban J connectivity index is 1.51. The molecule has 2 fully saturated rings. The van der Waals surface area contributed by atoms with Crippen molar-refractivity contribution < 1.29 is 19.2 Å². The second-order valence-corrected chi connectivity index (χ2v) is 8.97. The van der Waals surface area contributed by atoms with Gasteiger partial charge in [0.15, 0.2) is 0 Å². The van der Waals surface area contributed by atoms with E-state index in [4.69, 9.17) is 0 Å². The summed E-state index contributed by atoms with van der Waals surface area (Å²) < 4.78 is 0. The molecule has 0 radical (unpaired) electrons. The van der Waals surface area contributed by atoms with Crippen LogP contribution in [0.5, 0.6) is 0 Å². The van der Waals surface area contributed by atoms with Crippen LogP contribution in [0.15, 0.2) is 24.3 Å². The molecular formula is C25H36N4O4. The quantitative estimate of drug-likeness (QED) is 0.659. The molecule has 0 bridgehead atoms. The normalized spacial score (nSPS) is 20.8. The summed E-state index contributed by atoms with van der Waals surface area (Å²) in [7, 11) is 0. The second kappa shape index (κ2) is 11.8. The van der Waals surface area contributed by atoms with Gasteiger partial charge in [0.05, 0.1) is 11.8 Å². The topological polar surface area (TPSA) is 98.8 Å². The van der Waals surface area contributed by atoms with Crippen LogP contribution in [0, 0.1) is 11.8 Å². The van der Waals surface area contributed by atoms with E-state index >= 15 is 0 Å². The summed E-state index contributed by atoms with van der Waals surface area (Å²) in [6, 6.07) is 7.46. The molecule has 2 aliphatic rings. The molecule has 8 nitrogen and oxygen atoms in total. The van der Waals surface area contributed by atoms with Gasteiger partial charge in [0.2, 0.25) is 23.6 Å². The third-order valence-corrected chi connectivity index (χ3v) is 6.56. The molecule has 2 N–H and O–H groups in total. The van der Waals surface area contributed by atoms with E-state index in [1.54, 1.807) is 9.80 Å². The predicted molar refractivity (Wildman–Crippen MR) is 126 cm³/mol. The maximum atomic E-state index is 12.8. The number of likely N-dealkylation sites (tertiary alicyclic amines) is 2. The van der Waals surface area contributed by atoms with Crippen LogP contribution in [0.4, 0.5) is 5.69 Å². The minimum atomic E-state index is -0.210. The van der Waals surface area contributed by atoms with Crippen LogP contribution < -0.4 is 10.6 Å². The standard InChI is InChI=1S/C25H36N4O4/c1-3-22(30)28-12-6-9-19(16-28)24(32)26-15-18-8-5-11-21(14-18)27-25(33)20-10-7-13-29(17-20)23(31)4-2/h5,8,11,14,19-20H,3-4,6-7,9-10,12-13,15-17H2,1-2H3,(H,26,32)(H,27,33). The highest BCUT2D eigenvalue weighted by Crippen LogP contribution is 2.21. The number of carbonyl (C=O) groups is 4. The van der Waals surface area contributed by atoms with E-state index in [0.717, 1.165) is 44.3 Å². The van der Waals surface area contributed by atoms with E-state index in [-0.39, 0.29) is 35.5 Å². The molecule has 0 aromatic heterocycles. The first-order chi connectivity index (χ1) is 15.9. The fourth-order valence-corrected chi connectivity index (χ4v) is 4.62. The molecule has 1 aromatic carbocycles. The molecule has 2 saturated heterocycles. The summed E-state index contributed by atoms with van der Waals surface area (Å²) in [6.07, 6.45) is 4.14. The van der Waals surface area contributed by atoms with Crippen LogP contribution in [0.3, 0.4) is 0 Å². The Hall–Kier alpha value is -2.90. The Morgan fingerprint density at radius 1 is 0.879 bits per heavy atom. The van der Waals surface area contributed by atoms with Gasteiger partial charge in [0.1, 0.15) is 0 Å². The highest BCUT2D eigenvalue weighted by Gasteiger charge is 2.29. The summed E-state index contributed by atoms with van der Waals surface area (Å²) in [6.45, 7) is 6.43. The third-order valence-electron chi connectivity index (χ3n) is 6.56. The first-order valence-electron chi connectivity index (χ1n) is 12.1. The first kappa shape index (κ1) is 24.7. The molecule has 0 spiro atoms. The fourth-order valence-electron chi connectivity index (χ4n) is 4.62. The van der Waals surface area contributed by atoms with Gasteiger partial charge < -0.3 is 20.4 Å². The van der Waals surface area contributed by atoms with Gasteiger partial charge >= 0.3 is 0 Å². The molecule has 2 aliphatic heterocycles. The van der Waals surface area contributed by atoms with Crippen molar-refractivity contribution in [1.82, 2.24) is 15.1 Å². The molecule has 2 unspecified atom stereocenters. The smallest absolute Gasteiger partial charge is 0.229 e. The Morgan fingerprint density at radius 3 is 2.03 bits per heavy atom. The number of hydrogen-bond acceptors (Lipinski definition) is 4. The number of piperidine rings is 2. The number of nitrogens with one attached hydrogen (secondary N) is 2. The molecule has 0 aliphatic carbocycles. The SMILES string of the molecule is CCC(=O)N1CCCC(C(=O)NCc2cccc(NC(=O)C3CCCN(C(=O)CC)C3)c2)C1. The van der Waals surface area contributed by atoms with E-state index in [1.165, 1.54) is 0 Å². The molecule has 1 aromatic rings. The van der Waals surface area contributed by atoms with Gasteiger partial charge in [-0.25, -0.2) is 0 Å². The molecule has 3 rings (SSSR count). The van der Waals surface area contributed by atoms with Crippen molar-refractivity contribution in [2.24, 2.45) is 11.8 Å². The van der Waals surface area contributed by atoms with E-state index in [0.29, 0.717) is 38.2 Å². The summed E-state index contributed by atoms with van der Waals surface area (Å²) in [5.41, 5.74) is 1.58. The van der Waals surface area contributed by atoms with Crippen LogP contribution in [-0.2, 0) is 25.7 Å². The highest BCUT2D eigenvalue weighted by atomic mass is 16.2. The monoisotopic (exact) mass is 456 g/mol. The number of amides is 4. The summed E-state index contributed by atoms with van der Waals surface area (Å²) in [5.74, 6) is -0.329. The Kier molecular flexibility index (Phi) is 8.86. The van der Waals surface area contributed by atoms with Gasteiger partial charge in [-0.3, -0.25) is 19.2 Å². The highest BCUT2D eigenvalue weighted by molar-refractivity contribution is 5.93. The number of rotatable bonds is 7. The van der Waals surface area contributed by atoms with Gasteiger partial charge in [0, 0.05) is 51.3 Å². The molecule has 2 heterocycles. The Bertz CT molecular complexity index is 872. The van der Waals surface area contributed by atoms with Gasteiger partial charge in [-0.1, -0.05) is 26.0 Å². The summed E-state index contributed by atoms with van der Waals surface area (Å²) >= 11 is 0. The van der Waals surface area contributed by atoms with Crippen molar-refractivity contribution in [3.63, 3.8) is 0 Å². The van der Waals surface area contributed by atoms with Crippen LogP contribution in [-0.4, -0.2) is 59.6 Å². The average molecular weight is 457 g/mol. The first-order valence-corrected chi connectivity index (χ1v) is 12.1. The number of nitrogens with zero attached hydrogens (tertiary/aromatic N) is 2. The van der Waals surface area contributed by atoms with E-state index in [9.17, 15) is 19.2 Å². The molecule has 8 heteroatoms. The Morgan fingerprint density at radius 2 is 1.45 bits per heavy atom. The van der Waals surface area contributed by atoms with Gasteiger partial charge in [-0.15, -0.1) is 0 Å². The minimum absolute atomic E-state index is 0.0408. The predicted octanol–water partition coefficient (Wildman–Crippen LogP) is 2.54. The van der Waals surface area contributed by atoms with Crippen molar-refractivity contribution in [2.75, 3.05) is 31.5 Å². The lowest BCUT2D eigenvalue weighted by molar-refractivity contribution is -0.136. The van der Waals surface area contributed by atoms with Gasteiger partial charge in [-0.05, 0) is 43.4 Å². The lowest BCUT2D eigenvalue weighted by Gasteiger charge is -2.32. The maximum absolute atomic E-state index is 12.8. The summed E-state index contributed by atoms with van der Waals surface area (Å²) in [4.78, 5) is 52.9. The second-order valence-electron chi connectivity index (χ2n) is 8.97. The third kappa shape index (κ3) is 6.79. The van der Waals surface area contributed by atoms with Crippen LogP contribution >= 0.6 is 0 Å². The zero-order chi connectivity index (χ0) is 23.8. The molecular weight excluding hydrogens is 420 g/mol. The lowest BCUT2D eigenvalue weighted by Crippen LogP contribution is -2.45. The van der Waals surface area contributed by atoms with Crippen molar-refractivity contribution in [1.29, 1.82) is 0 Å². The van der Waals surface area contributed by atoms with Crippen LogP contribution in [0.2, 0.25) is 0 Å². The van der Waals surface area contributed by atoms with Crippen molar-refractivity contribution in [3.05, 3.63) is 29.8 Å². The zero-order valence-corrected chi connectivity index (χ0v) is 19.8. The molecule has 180 valence electrons. The summed E-state index contributed by atoms with van der Waals surface area (Å²) in [5, 5.41) is 5.95. The van der Waals surface area contributed by atoms with Crippen molar-refractivity contribution in [3.8, 4) is 0 Å². The van der Waals surface area contributed by atoms with Gasteiger partial charge in [0.25, 0.3) is 0 Å². The average Bonchev–Trinajstić information content (AvgIpc) is 2.86. The van der Waals surface area contributed by atoms with Crippen molar-refractivity contribution in [2.45, 2.75) is 58.9 Å². The maximum Gasteiger partial charge on any atom is 0.229 e. The zero-order valence-electron chi connectivity index (χ0n) is 19.8. The number of hydrogen-bond donors (Lipinski definition) is 2. The molecule has 0 saturated carbocycles. The van der Waals surface area contributed by atoms with Crippen molar-refractivity contribution >= 4 is 29.3 Å².